The van der Waals surface area contributed by atoms with E-state index >= 15 is 0 Å². The van der Waals surface area contributed by atoms with Crippen LogP contribution in [0.5, 0.6) is 5.75 Å². The van der Waals surface area contributed by atoms with E-state index in [0.29, 0.717) is 5.92 Å². The summed E-state index contributed by atoms with van der Waals surface area (Å²) in [4.78, 5) is 0. The maximum absolute atomic E-state index is 6.14. The highest BCUT2D eigenvalue weighted by Gasteiger charge is 2.16. The van der Waals surface area contributed by atoms with Gasteiger partial charge in [-0.1, -0.05) is 41.9 Å². The second-order valence-electron chi connectivity index (χ2n) is 5.58. The van der Waals surface area contributed by atoms with Gasteiger partial charge in [0.05, 0.1) is 6.61 Å². The van der Waals surface area contributed by atoms with Crippen molar-refractivity contribution >= 4 is 11.6 Å². The van der Waals surface area contributed by atoms with Crippen LogP contribution in [-0.2, 0) is 6.42 Å². The maximum Gasteiger partial charge on any atom is 0.122 e. The molecule has 1 fully saturated rings. The number of nitrogens with one attached hydrogen (secondary N) is 1. The molecule has 2 aromatic rings. The summed E-state index contributed by atoms with van der Waals surface area (Å²) in [5.41, 5.74) is 2.42. The predicted molar refractivity (Wildman–Crippen MR) is 87.2 cm³/mol. The van der Waals surface area contributed by atoms with Gasteiger partial charge in [-0.3, -0.25) is 0 Å². The minimum atomic E-state index is 0.616. The van der Waals surface area contributed by atoms with Crippen LogP contribution in [0.4, 0.5) is 0 Å². The van der Waals surface area contributed by atoms with Crippen molar-refractivity contribution < 1.29 is 4.74 Å². The summed E-state index contributed by atoms with van der Waals surface area (Å²) in [5.74, 6) is 1.57. The lowest BCUT2D eigenvalue weighted by Crippen LogP contribution is -2.16. The first kappa shape index (κ1) is 14.4. The van der Waals surface area contributed by atoms with Crippen LogP contribution < -0.4 is 10.1 Å². The molecule has 1 aliphatic rings. The van der Waals surface area contributed by atoms with E-state index in [0.717, 1.165) is 42.5 Å². The molecule has 0 amide bonds. The summed E-state index contributed by atoms with van der Waals surface area (Å²) in [6.45, 7) is 2.93. The Morgan fingerprint density at radius 3 is 2.76 bits per heavy atom. The molecule has 0 radical (unpaired) electrons. The molecule has 2 nitrogen and oxygen atoms in total. The van der Waals surface area contributed by atoms with Gasteiger partial charge >= 0.3 is 0 Å². The molecule has 0 aliphatic carbocycles. The number of ether oxygens (including phenoxy) is 1. The first-order chi connectivity index (χ1) is 10.3. The van der Waals surface area contributed by atoms with Crippen molar-refractivity contribution in [2.24, 2.45) is 5.92 Å². The van der Waals surface area contributed by atoms with Crippen molar-refractivity contribution in [1.29, 1.82) is 0 Å². The van der Waals surface area contributed by atoms with E-state index in [-0.39, 0.29) is 0 Å². The van der Waals surface area contributed by atoms with Crippen molar-refractivity contribution in [3.63, 3.8) is 0 Å². The van der Waals surface area contributed by atoms with Gasteiger partial charge in [-0.25, -0.2) is 0 Å². The molecule has 3 rings (SSSR count). The number of hydrogen-bond acceptors (Lipinski definition) is 2. The quantitative estimate of drug-likeness (QED) is 0.904. The molecular formula is C18H20ClNO. The number of hydrogen-bond donors (Lipinski definition) is 1. The Bertz CT molecular complexity index is 579. The zero-order chi connectivity index (χ0) is 14.5. The summed E-state index contributed by atoms with van der Waals surface area (Å²) in [7, 11) is 0. The molecule has 0 bridgehead atoms. The van der Waals surface area contributed by atoms with E-state index in [9.17, 15) is 0 Å². The third-order valence-electron chi connectivity index (χ3n) is 3.90. The van der Waals surface area contributed by atoms with E-state index in [2.05, 4.69) is 29.6 Å². The van der Waals surface area contributed by atoms with Crippen LogP contribution in [0.3, 0.4) is 0 Å². The molecule has 110 valence electrons. The standard InChI is InChI=1S/C18H20ClNO/c19-17-6-7-18(21-13-15-8-9-20-12-15)16(11-17)10-14-4-2-1-3-5-14/h1-7,11,15,20H,8-10,12-13H2/t15-/m0/s1. The Morgan fingerprint density at radius 1 is 1.14 bits per heavy atom. The van der Waals surface area contributed by atoms with E-state index in [4.69, 9.17) is 16.3 Å². The molecule has 0 saturated carbocycles. The fourth-order valence-electron chi connectivity index (χ4n) is 2.71. The highest BCUT2D eigenvalue weighted by atomic mass is 35.5. The second-order valence-corrected chi connectivity index (χ2v) is 6.02. The van der Waals surface area contributed by atoms with Gasteiger partial charge in [0.2, 0.25) is 0 Å². The van der Waals surface area contributed by atoms with Crippen LogP contribution in [0, 0.1) is 5.92 Å². The Morgan fingerprint density at radius 2 is 2.00 bits per heavy atom. The first-order valence-electron chi connectivity index (χ1n) is 7.47. The SMILES string of the molecule is Clc1ccc(OC[C@H]2CCNC2)c(Cc2ccccc2)c1. The molecule has 0 unspecified atom stereocenters. The number of halogens is 1. The minimum absolute atomic E-state index is 0.616. The van der Waals surface area contributed by atoms with Gasteiger partial charge in [0.1, 0.15) is 5.75 Å². The molecule has 1 N–H and O–H groups in total. The van der Waals surface area contributed by atoms with Crippen molar-refractivity contribution in [1.82, 2.24) is 5.32 Å². The molecule has 1 saturated heterocycles. The topological polar surface area (TPSA) is 21.3 Å². The predicted octanol–water partition coefficient (Wildman–Crippen LogP) is 3.92. The summed E-state index contributed by atoms with van der Waals surface area (Å²) in [6.07, 6.45) is 2.04. The van der Waals surface area contributed by atoms with Gasteiger partial charge in [-0.15, -0.1) is 0 Å². The molecule has 2 aromatic carbocycles. The normalized spacial score (nSPS) is 17.9. The van der Waals surface area contributed by atoms with Crippen LogP contribution in [0.15, 0.2) is 48.5 Å². The maximum atomic E-state index is 6.14. The zero-order valence-electron chi connectivity index (χ0n) is 12.0. The Balaban J connectivity index is 1.73. The Hall–Kier alpha value is -1.51. The molecule has 3 heteroatoms. The van der Waals surface area contributed by atoms with Crippen molar-refractivity contribution in [3.05, 3.63) is 64.7 Å². The summed E-state index contributed by atoms with van der Waals surface area (Å²) < 4.78 is 6.05. The lowest BCUT2D eigenvalue weighted by molar-refractivity contribution is 0.258. The summed E-state index contributed by atoms with van der Waals surface area (Å²) in [5, 5.41) is 4.13. The largest absolute Gasteiger partial charge is 0.493 e. The average molecular weight is 302 g/mol. The lowest BCUT2D eigenvalue weighted by atomic mass is 10.0. The first-order valence-corrected chi connectivity index (χ1v) is 7.85. The highest BCUT2D eigenvalue weighted by molar-refractivity contribution is 6.30. The smallest absolute Gasteiger partial charge is 0.122 e. The van der Waals surface area contributed by atoms with Crippen LogP contribution in [0.25, 0.3) is 0 Å². The van der Waals surface area contributed by atoms with Gasteiger partial charge in [0.15, 0.2) is 0 Å². The monoisotopic (exact) mass is 301 g/mol. The third-order valence-corrected chi connectivity index (χ3v) is 4.13. The van der Waals surface area contributed by atoms with Crippen molar-refractivity contribution in [2.75, 3.05) is 19.7 Å². The van der Waals surface area contributed by atoms with Gasteiger partial charge in [-0.2, -0.15) is 0 Å². The van der Waals surface area contributed by atoms with E-state index in [1.54, 1.807) is 0 Å². The Kier molecular flexibility index (Phi) is 4.79. The van der Waals surface area contributed by atoms with Gasteiger partial charge in [0, 0.05) is 23.9 Å². The number of rotatable bonds is 5. The Labute approximate surface area is 131 Å². The molecule has 0 spiro atoms. The molecule has 1 heterocycles. The zero-order valence-corrected chi connectivity index (χ0v) is 12.8. The fraction of sp³-hybridized carbons (Fsp3) is 0.333. The molecule has 1 aliphatic heterocycles. The minimum Gasteiger partial charge on any atom is -0.493 e. The summed E-state index contributed by atoms with van der Waals surface area (Å²) >= 11 is 6.14. The van der Waals surface area contributed by atoms with Crippen LogP contribution >= 0.6 is 11.6 Å². The fourth-order valence-corrected chi connectivity index (χ4v) is 2.90. The molecule has 21 heavy (non-hydrogen) atoms. The highest BCUT2D eigenvalue weighted by Crippen LogP contribution is 2.26. The summed E-state index contributed by atoms with van der Waals surface area (Å²) in [6, 6.07) is 16.3. The van der Waals surface area contributed by atoms with E-state index in [1.807, 2.05) is 24.3 Å². The molecule has 1 atom stereocenters. The van der Waals surface area contributed by atoms with E-state index in [1.165, 1.54) is 12.0 Å². The van der Waals surface area contributed by atoms with E-state index < -0.39 is 0 Å². The lowest BCUT2D eigenvalue weighted by Gasteiger charge is -2.15. The van der Waals surface area contributed by atoms with Gasteiger partial charge in [-0.05, 0) is 42.3 Å². The third kappa shape index (κ3) is 3.99. The van der Waals surface area contributed by atoms with Crippen LogP contribution in [0.1, 0.15) is 17.5 Å². The van der Waals surface area contributed by atoms with Crippen molar-refractivity contribution in [2.45, 2.75) is 12.8 Å². The van der Waals surface area contributed by atoms with Crippen LogP contribution in [0.2, 0.25) is 5.02 Å². The van der Waals surface area contributed by atoms with Gasteiger partial charge < -0.3 is 10.1 Å². The van der Waals surface area contributed by atoms with Gasteiger partial charge in [0.25, 0.3) is 0 Å². The molecule has 0 aromatic heterocycles. The average Bonchev–Trinajstić information content (AvgIpc) is 3.01. The molecular weight excluding hydrogens is 282 g/mol. The van der Waals surface area contributed by atoms with Crippen LogP contribution in [-0.4, -0.2) is 19.7 Å². The van der Waals surface area contributed by atoms with Crippen molar-refractivity contribution in [3.8, 4) is 5.75 Å². The number of benzene rings is 2. The second kappa shape index (κ2) is 6.97.